The number of benzene rings is 1. The van der Waals surface area contributed by atoms with Crippen LogP contribution in [0.25, 0.3) is 0 Å². The molecular formula is C20H24N4O2. The molecule has 6 heteroatoms. The molecule has 1 aliphatic rings. The van der Waals surface area contributed by atoms with Crippen molar-refractivity contribution in [3.05, 3.63) is 65.0 Å². The van der Waals surface area contributed by atoms with Gasteiger partial charge in [-0.05, 0) is 17.5 Å². The zero-order valence-electron chi connectivity index (χ0n) is 15.7. The number of hydrogen-bond donors (Lipinski definition) is 0. The van der Waals surface area contributed by atoms with Crippen LogP contribution in [0.4, 0.5) is 0 Å². The molecular weight excluding hydrogens is 328 g/mol. The summed E-state index contributed by atoms with van der Waals surface area (Å²) in [5, 5.41) is 8.28. The van der Waals surface area contributed by atoms with Crippen molar-refractivity contribution in [3.63, 3.8) is 0 Å². The highest BCUT2D eigenvalue weighted by molar-refractivity contribution is 5.30. The third-order valence-electron chi connectivity index (χ3n) is 4.80. The molecule has 0 amide bonds. The van der Waals surface area contributed by atoms with Crippen molar-refractivity contribution in [1.82, 2.24) is 20.1 Å². The van der Waals surface area contributed by atoms with E-state index in [1.165, 1.54) is 11.1 Å². The molecule has 0 radical (unpaired) electrons. The molecule has 0 fully saturated rings. The van der Waals surface area contributed by atoms with E-state index in [0.717, 1.165) is 24.6 Å². The second-order valence-corrected chi connectivity index (χ2v) is 7.92. The first kappa shape index (κ1) is 17.0. The minimum absolute atomic E-state index is 0.0242. The van der Waals surface area contributed by atoms with Crippen LogP contribution >= 0.6 is 0 Å². The summed E-state index contributed by atoms with van der Waals surface area (Å²) in [6.45, 7) is 9.60. The van der Waals surface area contributed by atoms with Gasteiger partial charge < -0.3 is 8.83 Å². The molecule has 3 heterocycles. The Bertz CT molecular complexity index is 906. The molecule has 0 bridgehead atoms. The van der Waals surface area contributed by atoms with E-state index in [-0.39, 0.29) is 11.5 Å². The summed E-state index contributed by atoms with van der Waals surface area (Å²) >= 11 is 0. The van der Waals surface area contributed by atoms with E-state index >= 15 is 0 Å². The Morgan fingerprint density at radius 1 is 1.12 bits per heavy atom. The van der Waals surface area contributed by atoms with Gasteiger partial charge in [-0.15, -0.1) is 10.2 Å². The third-order valence-corrected chi connectivity index (χ3v) is 4.80. The van der Waals surface area contributed by atoms with E-state index in [4.69, 9.17) is 8.83 Å². The van der Waals surface area contributed by atoms with E-state index in [1.54, 1.807) is 0 Å². The lowest BCUT2D eigenvalue weighted by molar-refractivity contribution is 0.123. The van der Waals surface area contributed by atoms with Crippen molar-refractivity contribution >= 4 is 0 Å². The van der Waals surface area contributed by atoms with Gasteiger partial charge >= 0.3 is 0 Å². The minimum atomic E-state index is -0.0528. The van der Waals surface area contributed by atoms with Crippen molar-refractivity contribution in [2.75, 3.05) is 0 Å². The SMILES string of the molecule is Cc1nnc(C2Cc3ccccc3CN2Cc2ncc(C(C)(C)C)o2)o1. The molecule has 0 saturated carbocycles. The zero-order valence-corrected chi connectivity index (χ0v) is 15.7. The van der Waals surface area contributed by atoms with Gasteiger partial charge in [-0.3, -0.25) is 4.90 Å². The van der Waals surface area contributed by atoms with Gasteiger partial charge in [0.2, 0.25) is 17.7 Å². The summed E-state index contributed by atoms with van der Waals surface area (Å²) in [6, 6.07) is 8.53. The number of nitrogens with zero attached hydrogens (tertiary/aromatic N) is 4. The fraction of sp³-hybridized carbons (Fsp3) is 0.450. The van der Waals surface area contributed by atoms with Gasteiger partial charge in [0.15, 0.2) is 0 Å². The van der Waals surface area contributed by atoms with Crippen LogP contribution in [0.1, 0.15) is 61.4 Å². The van der Waals surface area contributed by atoms with Crippen LogP contribution in [0.5, 0.6) is 0 Å². The highest BCUT2D eigenvalue weighted by atomic mass is 16.4. The van der Waals surface area contributed by atoms with E-state index in [1.807, 2.05) is 13.1 Å². The lowest BCUT2D eigenvalue weighted by Crippen LogP contribution is -2.34. The Kier molecular flexibility index (Phi) is 4.15. The smallest absolute Gasteiger partial charge is 0.233 e. The predicted molar refractivity (Wildman–Crippen MR) is 96.4 cm³/mol. The van der Waals surface area contributed by atoms with Crippen LogP contribution in [0.2, 0.25) is 0 Å². The van der Waals surface area contributed by atoms with Crippen molar-refractivity contribution in [2.45, 2.75) is 58.7 Å². The fourth-order valence-electron chi connectivity index (χ4n) is 3.34. The van der Waals surface area contributed by atoms with Gasteiger partial charge in [-0.25, -0.2) is 4.98 Å². The molecule has 0 aliphatic carbocycles. The van der Waals surface area contributed by atoms with Crippen LogP contribution in [-0.4, -0.2) is 20.1 Å². The highest BCUT2D eigenvalue weighted by Gasteiger charge is 2.32. The van der Waals surface area contributed by atoms with Crippen LogP contribution in [0.15, 0.2) is 39.3 Å². The van der Waals surface area contributed by atoms with Gasteiger partial charge in [0.05, 0.1) is 18.8 Å². The number of fused-ring (bicyclic) bond motifs is 1. The summed E-state index contributed by atoms with van der Waals surface area (Å²) in [6.07, 6.45) is 2.67. The van der Waals surface area contributed by atoms with E-state index in [9.17, 15) is 0 Å². The lowest BCUT2D eigenvalue weighted by Gasteiger charge is -2.34. The van der Waals surface area contributed by atoms with Gasteiger partial charge in [0, 0.05) is 18.9 Å². The van der Waals surface area contributed by atoms with Gasteiger partial charge in [0.1, 0.15) is 5.76 Å². The van der Waals surface area contributed by atoms with Crippen molar-refractivity contribution in [3.8, 4) is 0 Å². The van der Waals surface area contributed by atoms with E-state index in [2.05, 4.69) is 65.1 Å². The number of rotatable bonds is 3. The minimum Gasteiger partial charge on any atom is -0.444 e. The molecule has 6 nitrogen and oxygen atoms in total. The second kappa shape index (κ2) is 6.36. The number of oxazole rings is 1. The van der Waals surface area contributed by atoms with Gasteiger partial charge in [0.25, 0.3) is 0 Å². The summed E-state index contributed by atoms with van der Waals surface area (Å²) in [5.74, 6) is 2.86. The Morgan fingerprint density at radius 2 is 1.88 bits per heavy atom. The van der Waals surface area contributed by atoms with Gasteiger partial charge in [-0.2, -0.15) is 0 Å². The maximum atomic E-state index is 6.01. The molecule has 1 unspecified atom stereocenters. The second-order valence-electron chi connectivity index (χ2n) is 7.92. The molecule has 4 rings (SSSR count). The molecule has 3 aromatic rings. The molecule has 26 heavy (non-hydrogen) atoms. The molecule has 136 valence electrons. The zero-order chi connectivity index (χ0) is 18.3. The van der Waals surface area contributed by atoms with Crippen LogP contribution in [-0.2, 0) is 24.9 Å². The summed E-state index contributed by atoms with van der Waals surface area (Å²) in [5.41, 5.74) is 2.60. The normalized spacial score (nSPS) is 18.1. The molecule has 1 aliphatic heterocycles. The van der Waals surface area contributed by atoms with Gasteiger partial charge in [-0.1, -0.05) is 45.0 Å². The summed E-state index contributed by atoms with van der Waals surface area (Å²) < 4.78 is 11.8. The first-order valence-electron chi connectivity index (χ1n) is 8.96. The Hall–Kier alpha value is -2.47. The third kappa shape index (κ3) is 3.29. The highest BCUT2D eigenvalue weighted by Crippen LogP contribution is 2.34. The maximum Gasteiger partial charge on any atom is 0.233 e. The first-order valence-corrected chi connectivity index (χ1v) is 8.96. The lowest BCUT2D eigenvalue weighted by atomic mass is 9.94. The number of aromatic nitrogens is 3. The molecule has 0 spiro atoms. The molecule has 0 N–H and O–H groups in total. The predicted octanol–water partition coefficient (Wildman–Crippen LogP) is 3.96. The summed E-state index contributed by atoms with van der Waals surface area (Å²) in [4.78, 5) is 6.79. The quantitative estimate of drug-likeness (QED) is 0.711. The largest absolute Gasteiger partial charge is 0.444 e. The fourth-order valence-corrected chi connectivity index (χ4v) is 3.34. The monoisotopic (exact) mass is 352 g/mol. The standard InChI is InChI=1S/C20H24N4O2/c1-13-22-23-19(25-13)16-9-14-7-5-6-8-15(14)11-24(16)12-18-21-10-17(26-18)20(2,3)4/h5-8,10,16H,9,11-12H2,1-4H3. The topological polar surface area (TPSA) is 68.2 Å². The van der Waals surface area contributed by atoms with Crippen molar-refractivity contribution in [1.29, 1.82) is 0 Å². The van der Waals surface area contributed by atoms with Crippen molar-refractivity contribution in [2.24, 2.45) is 0 Å². The first-order chi connectivity index (χ1) is 12.4. The summed E-state index contributed by atoms with van der Waals surface area (Å²) in [7, 11) is 0. The van der Waals surface area contributed by atoms with Crippen LogP contribution < -0.4 is 0 Å². The van der Waals surface area contributed by atoms with E-state index in [0.29, 0.717) is 18.3 Å². The Labute approximate surface area is 153 Å². The van der Waals surface area contributed by atoms with Crippen LogP contribution in [0, 0.1) is 6.92 Å². The molecule has 1 atom stereocenters. The van der Waals surface area contributed by atoms with E-state index < -0.39 is 0 Å². The number of hydrogen-bond acceptors (Lipinski definition) is 6. The Balaban J connectivity index is 1.64. The average molecular weight is 352 g/mol. The molecule has 1 aromatic carbocycles. The Morgan fingerprint density at radius 3 is 2.54 bits per heavy atom. The average Bonchev–Trinajstić information content (AvgIpc) is 3.23. The van der Waals surface area contributed by atoms with Crippen molar-refractivity contribution < 1.29 is 8.83 Å². The maximum absolute atomic E-state index is 6.01. The van der Waals surface area contributed by atoms with Crippen LogP contribution in [0.3, 0.4) is 0 Å². The molecule has 2 aromatic heterocycles. The number of aryl methyl sites for hydroxylation is 1. The molecule has 0 saturated heterocycles.